The van der Waals surface area contributed by atoms with Crippen LogP contribution in [0, 0.1) is 0 Å². The van der Waals surface area contributed by atoms with E-state index in [1.807, 2.05) is 24.3 Å². The summed E-state index contributed by atoms with van der Waals surface area (Å²) in [6.45, 7) is 1.94. The highest BCUT2D eigenvalue weighted by atomic mass is 35.5. The van der Waals surface area contributed by atoms with E-state index in [4.69, 9.17) is 4.74 Å². The number of alkyl halides is 2. The third kappa shape index (κ3) is 4.34. The van der Waals surface area contributed by atoms with Gasteiger partial charge < -0.3 is 24.8 Å². The molecule has 0 amide bonds. The van der Waals surface area contributed by atoms with Crippen LogP contribution in [0.4, 0.5) is 20.3 Å². The first-order chi connectivity index (χ1) is 14.0. The highest BCUT2D eigenvalue weighted by Crippen LogP contribution is 2.42. The molecule has 2 N–H and O–H groups in total. The Morgan fingerprint density at radius 3 is 2.63 bits per heavy atom. The minimum absolute atomic E-state index is 0. The number of ether oxygens (including phenoxy) is 3. The molecule has 1 aromatic heterocycles. The van der Waals surface area contributed by atoms with Gasteiger partial charge in [0.25, 0.3) is 0 Å². The van der Waals surface area contributed by atoms with E-state index in [0.29, 0.717) is 11.5 Å². The maximum absolute atomic E-state index is 13.2. The second kappa shape index (κ2) is 8.12. The van der Waals surface area contributed by atoms with Gasteiger partial charge in [-0.3, -0.25) is 0 Å². The molecule has 0 radical (unpaired) electrons. The molecule has 2 aliphatic rings. The summed E-state index contributed by atoms with van der Waals surface area (Å²) in [6, 6.07) is 12.3. The predicted molar refractivity (Wildman–Crippen MR) is 111 cm³/mol. The second-order valence-electron chi connectivity index (χ2n) is 7.10. The maximum atomic E-state index is 13.2. The summed E-state index contributed by atoms with van der Waals surface area (Å²) < 4.78 is 41.4. The maximum Gasteiger partial charge on any atom is 0.586 e. The van der Waals surface area contributed by atoms with Gasteiger partial charge >= 0.3 is 6.29 Å². The van der Waals surface area contributed by atoms with Crippen LogP contribution < -0.4 is 24.8 Å². The fourth-order valence-corrected chi connectivity index (χ4v) is 3.54. The van der Waals surface area contributed by atoms with E-state index in [-0.39, 0.29) is 30.0 Å². The molecule has 30 heavy (non-hydrogen) atoms. The Labute approximate surface area is 177 Å². The SMILES string of the molecule is Cl.FC1(F)Oc2ccc(Nc3cc4cc(OC5CCNCC5)ccc4cn3)cc2O1. The van der Waals surface area contributed by atoms with E-state index in [2.05, 4.69) is 25.1 Å². The number of fused-ring (bicyclic) bond motifs is 2. The van der Waals surface area contributed by atoms with Gasteiger partial charge in [0.15, 0.2) is 11.5 Å². The molecule has 0 saturated carbocycles. The molecule has 0 atom stereocenters. The lowest BCUT2D eigenvalue weighted by molar-refractivity contribution is -0.286. The van der Waals surface area contributed by atoms with Gasteiger partial charge in [-0.05, 0) is 67.7 Å². The van der Waals surface area contributed by atoms with Crippen molar-refractivity contribution >= 4 is 34.7 Å². The zero-order valence-corrected chi connectivity index (χ0v) is 16.7. The molecule has 3 heterocycles. The second-order valence-corrected chi connectivity index (χ2v) is 7.10. The van der Waals surface area contributed by atoms with Crippen LogP contribution in [0.5, 0.6) is 17.2 Å². The van der Waals surface area contributed by atoms with E-state index in [1.165, 1.54) is 12.1 Å². The van der Waals surface area contributed by atoms with Crippen LogP contribution in [0.15, 0.2) is 48.7 Å². The summed E-state index contributed by atoms with van der Waals surface area (Å²) in [4.78, 5) is 4.39. The average molecular weight is 436 g/mol. The molecule has 0 aliphatic carbocycles. The Morgan fingerprint density at radius 2 is 1.80 bits per heavy atom. The van der Waals surface area contributed by atoms with Crippen LogP contribution in [-0.4, -0.2) is 30.5 Å². The average Bonchev–Trinajstić information content (AvgIpc) is 3.01. The van der Waals surface area contributed by atoms with E-state index in [1.54, 1.807) is 12.3 Å². The molecule has 2 aromatic carbocycles. The van der Waals surface area contributed by atoms with Crippen LogP contribution >= 0.6 is 12.4 Å². The molecule has 158 valence electrons. The topological polar surface area (TPSA) is 64.6 Å². The predicted octanol–water partition coefficient (Wildman–Crippen LogP) is 4.85. The molecule has 0 unspecified atom stereocenters. The van der Waals surface area contributed by atoms with Crippen LogP contribution in [-0.2, 0) is 0 Å². The highest BCUT2D eigenvalue weighted by Gasteiger charge is 2.43. The zero-order chi connectivity index (χ0) is 19.8. The summed E-state index contributed by atoms with van der Waals surface area (Å²) in [6.07, 6.45) is 0.328. The number of nitrogens with one attached hydrogen (secondary N) is 2. The molecule has 5 rings (SSSR count). The summed E-state index contributed by atoms with van der Waals surface area (Å²) in [5.41, 5.74) is 0.569. The first-order valence-electron chi connectivity index (χ1n) is 9.48. The summed E-state index contributed by atoms with van der Waals surface area (Å²) >= 11 is 0. The van der Waals surface area contributed by atoms with Crippen LogP contribution in [0.3, 0.4) is 0 Å². The van der Waals surface area contributed by atoms with Gasteiger partial charge in [0.05, 0.1) is 0 Å². The molecule has 1 fully saturated rings. The zero-order valence-electron chi connectivity index (χ0n) is 15.9. The van der Waals surface area contributed by atoms with Crippen LogP contribution in [0.2, 0.25) is 0 Å². The highest BCUT2D eigenvalue weighted by molar-refractivity contribution is 5.86. The number of aromatic nitrogens is 1. The van der Waals surface area contributed by atoms with E-state index in [0.717, 1.165) is 42.5 Å². The molecular formula is C21H20ClF2N3O3. The fourth-order valence-electron chi connectivity index (χ4n) is 3.54. The van der Waals surface area contributed by atoms with E-state index < -0.39 is 6.29 Å². The van der Waals surface area contributed by atoms with Crippen molar-refractivity contribution in [1.29, 1.82) is 0 Å². The summed E-state index contributed by atoms with van der Waals surface area (Å²) in [7, 11) is 0. The first kappa shape index (κ1) is 20.4. The number of hydrogen-bond donors (Lipinski definition) is 2. The largest absolute Gasteiger partial charge is 0.586 e. The third-order valence-corrected chi connectivity index (χ3v) is 4.96. The van der Waals surface area contributed by atoms with Gasteiger partial charge in [0, 0.05) is 23.3 Å². The normalized spacial score (nSPS) is 17.4. The summed E-state index contributed by atoms with van der Waals surface area (Å²) in [5.74, 6) is 1.40. The van der Waals surface area contributed by atoms with Gasteiger partial charge in [0.2, 0.25) is 0 Å². The van der Waals surface area contributed by atoms with Crippen molar-refractivity contribution in [1.82, 2.24) is 10.3 Å². The number of hydrogen-bond acceptors (Lipinski definition) is 6. The molecule has 2 aliphatic heterocycles. The molecule has 1 saturated heterocycles. The Balaban J connectivity index is 0.00000218. The van der Waals surface area contributed by atoms with Crippen LogP contribution in [0.1, 0.15) is 12.8 Å². The lowest BCUT2D eigenvalue weighted by atomic mass is 10.1. The van der Waals surface area contributed by atoms with Crippen molar-refractivity contribution in [3.8, 4) is 17.2 Å². The fraction of sp³-hybridized carbons (Fsp3) is 0.286. The first-order valence-corrected chi connectivity index (χ1v) is 9.48. The number of piperidine rings is 1. The smallest absolute Gasteiger partial charge is 0.490 e. The molecule has 3 aromatic rings. The van der Waals surface area contributed by atoms with Gasteiger partial charge in [0.1, 0.15) is 17.7 Å². The van der Waals surface area contributed by atoms with Crippen molar-refractivity contribution in [2.24, 2.45) is 0 Å². The molecule has 9 heteroatoms. The standard InChI is InChI=1S/C21H19F2N3O3.ClH/c22-21(23)28-18-4-2-15(11-19(18)29-21)26-20-10-14-9-17(3-1-13(14)12-25-20)27-16-5-7-24-8-6-16;/h1-4,9-12,16,24H,5-8H2,(H,25,26);1H. The number of halogens is 3. The number of rotatable bonds is 4. The quantitative estimate of drug-likeness (QED) is 0.610. The minimum Gasteiger partial charge on any atom is -0.490 e. The van der Waals surface area contributed by atoms with Gasteiger partial charge in [-0.15, -0.1) is 21.2 Å². The molecule has 0 bridgehead atoms. The Hall–Kier alpha value is -2.84. The monoisotopic (exact) mass is 435 g/mol. The molecule has 0 spiro atoms. The third-order valence-electron chi connectivity index (χ3n) is 4.96. The molecule has 6 nitrogen and oxygen atoms in total. The number of benzene rings is 2. The Kier molecular flexibility index (Phi) is 5.53. The molecular weight excluding hydrogens is 416 g/mol. The minimum atomic E-state index is -3.63. The lowest BCUT2D eigenvalue weighted by Crippen LogP contribution is -2.34. The van der Waals surface area contributed by atoms with Gasteiger partial charge in [-0.1, -0.05) is 0 Å². The van der Waals surface area contributed by atoms with Crippen molar-refractivity contribution in [2.75, 3.05) is 18.4 Å². The van der Waals surface area contributed by atoms with Crippen molar-refractivity contribution in [3.05, 3.63) is 48.7 Å². The van der Waals surface area contributed by atoms with Crippen molar-refractivity contribution < 1.29 is 23.0 Å². The lowest BCUT2D eigenvalue weighted by Gasteiger charge is -2.24. The van der Waals surface area contributed by atoms with E-state index in [9.17, 15) is 8.78 Å². The number of pyridine rings is 1. The Morgan fingerprint density at radius 1 is 1.00 bits per heavy atom. The van der Waals surface area contributed by atoms with Gasteiger partial charge in [-0.2, -0.15) is 0 Å². The Bertz CT molecular complexity index is 1060. The van der Waals surface area contributed by atoms with E-state index >= 15 is 0 Å². The van der Waals surface area contributed by atoms with Crippen molar-refractivity contribution in [2.45, 2.75) is 25.2 Å². The van der Waals surface area contributed by atoms with Crippen LogP contribution in [0.25, 0.3) is 10.8 Å². The summed E-state index contributed by atoms with van der Waals surface area (Å²) in [5, 5.41) is 8.40. The van der Waals surface area contributed by atoms with Gasteiger partial charge in [-0.25, -0.2) is 4.98 Å². The van der Waals surface area contributed by atoms with Crippen molar-refractivity contribution in [3.63, 3.8) is 0 Å². The number of anilines is 2. The number of nitrogens with zero attached hydrogens (tertiary/aromatic N) is 1.